The first-order valence-electron chi connectivity index (χ1n) is 5.66. The Labute approximate surface area is 123 Å². The van der Waals surface area contributed by atoms with Crippen LogP contribution in [0.3, 0.4) is 0 Å². The molecule has 2 rings (SSSR count). The maximum atomic E-state index is 10.5. The quantitative estimate of drug-likeness (QED) is 0.790. The summed E-state index contributed by atoms with van der Waals surface area (Å²) in [6, 6.07) is 7.67. The van der Waals surface area contributed by atoms with Crippen LogP contribution in [0.2, 0.25) is 0 Å². The van der Waals surface area contributed by atoms with Crippen LogP contribution >= 0.6 is 0 Å². The Morgan fingerprint density at radius 2 is 1.47 bits per heavy atom. The van der Waals surface area contributed by atoms with E-state index in [0.29, 0.717) is 0 Å². The molecule has 1 aliphatic rings. The summed E-state index contributed by atoms with van der Waals surface area (Å²) in [6.45, 7) is 1.58. The molecule has 1 aromatic carbocycles. The molecule has 0 bridgehead atoms. The van der Waals surface area contributed by atoms with E-state index in [1.54, 1.807) is 31.2 Å². The molecule has 0 saturated heterocycles. The van der Waals surface area contributed by atoms with Gasteiger partial charge in [0.05, 0.1) is 0 Å². The Balaban J connectivity index is 0.000000454. The number of hydrogen-bond donors (Lipinski definition) is 0. The second-order valence-corrected chi connectivity index (χ2v) is 3.77. The molecule has 1 aromatic rings. The molecule has 0 aromatic heterocycles. The molecule has 0 amide bonds. The van der Waals surface area contributed by atoms with Crippen molar-refractivity contribution in [2.24, 2.45) is 10.4 Å². The number of allylic oxidation sites excluding steroid dienone is 4. The van der Waals surface area contributed by atoms with Gasteiger partial charge in [-0.25, -0.2) is 0 Å². The average molecular weight is 302 g/mol. The summed E-state index contributed by atoms with van der Waals surface area (Å²) in [5.41, 5.74) is 0.726. The first kappa shape index (κ1) is 17.4. The number of hydrogen-bond acceptors (Lipinski definition) is 4. The number of nitroso groups, excluding NO2 is 2. The average Bonchev–Trinajstić information content (AvgIpc) is 3.00. The Hall–Kier alpha value is -1.59. The third-order valence-electron chi connectivity index (χ3n) is 2.43. The van der Waals surface area contributed by atoms with E-state index in [-0.39, 0.29) is 16.8 Å². The Bertz CT molecular complexity index is 422. The SMILES string of the molecule is C[C@H](N=O)[C@@H](N=O)c1ccccc1.[CH]1C=CC=C1.[Co]. The third kappa shape index (κ3) is 6.22. The minimum atomic E-state index is -0.668. The van der Waals surface area contributed by atoms with Gasteiger partial charge < -0.3 is 0 Å². The smallest absolute Gasteiger partial charge is 0.142 e. The Morgan fingerprint density at radius 3 is 1.84 bits per heavy atom. The molecule has 0 unspecified atom stereocenters. The summed E-state index contributed by atoms with van der Waals surface area (Å²) in [5, 5.41) is 5.68. The van der Waals surface area contributed by atoms with Crippen molar-refractivity contribution in [1.29, 1.82) is 0 Å². The standard InChI is InChI=1S/C9H10N2O2.C5H5.Co/c1-7(10-12)9(11-13)8-5-3-2-4-6-8;1-2-4-5-3-1;/h2-7,9H,1H3;1-5H;/t7-,9+;;/m0../s1. The van der Waals surface area contributed by atoms with Crippen LogP contribution in [0, 0.1) is 16.2 Å². The van der Waals surface area contributed by atoms with Gasteiger partial charge in [-0.05, 0) is 12.5 Å². The molecule has 0 heterocycles. The second-order valence-electron chi connectivity index (χ2n) is 3.77. The molecule has 0 fully saturated rings. The van der Waals surface area contributed by atoms with Crippen LogP contribution in [-0.4, -0.2) is 6.04 Å². The fraction of sp³-hybridized carbons (Fsp3) is 0.214. The van der Waals surface area contributed by atoms with Gasteiger partial charge >= 0.3 is 0 Å². The molecular weight excluding hydrogens is 287 g/mol. The van der Waals surface area contributed by atoms with Gasteiger partial charge in [0.15, 0.2) is 0 Å². The summed E-state index contributed by atoms with van der Waals surface area (Å²) in [5.74, 6) is 0. The zero-order valence-electron chi connectivity index (χ0n) is 10.5. The van der Waals surface area contributed by atoms with Crippen molar-refractivity contribution in [2.45, 2.75) is 19.0 Å². The van der Waals surface area contributed by atoms with Crippen LogP contribution in [-0.2, 0) is 16.8 Å². The molecule has 2 radical (unpaired) electrons. The molecule has 5 heteroatoms. The molecule has 0 N–H and O–H groups in total. The fourth-order valence-electron chi connectivity index (χ4n) is 1.46. The third-order valence-corrected chi connectivity index (χ3v) is 2.43. The van der Waals surface area contributed by atoms with Crippen molar-refractivity contribution < 1.29 is 16.8 Å². The van der Waals surface area contributed by atoms with Crippen LogP contribution in [0.4, 0.5) is 0 Å². The van der Waals surface area contributed by atoms with Crippen molar-refractivity contribution in [3.8, 4) is 0 Å². The Morgan fingerprint density at radius 1 is 0.895 bits per heavy atom. The molecule has 1 aliphatic carbocycles. The maximum Gasteiger partial charge on any atom is 0.142 e. The summed E-state index contributed by atoms with van der Waals surface area (Å²) in [7, 11) is 0. The van der Waals surface area contributed by atoms with E-state index in [9.17, 15) is 9.81 Å². The van der Waals surface area contributed by atoms with Gasteiger partial charge in [-0.2, -0.15) is 9.81 Å². The van der Waals surface area contributed by atoms with Gasteiger partial charge in [0, 0.05) is 23.2 Å². The van der Waals surface area contributed by atoms with Crippen molar-refractivity contribution in [3.63, 3.8) is 0 Å². The van der Waals surface area contributed by atoms with Crippen LogP contribution in [0.1, 0.15) is 18.5 Å². The van der Waals surface area contributed by atoms with Crippen LogP contribution in [0.5, 0.6) is 0 Å². The topological polar surface area (TPSA) is 58.9 Å². The van der Waals surface area contributed by atoms with E-state index < -0.39 is 12.1 Å². The summed E-state index contributed by atoms with van der Waals surface area (Å²) < 4.78 is 0. The summed E-state index contributed by atoms with van der Waals surface area (Å²) in [4.78, 5) is 20.7. The van der Waals surface area contributed by atoms with E-state index in [4.69, 9.17) is 0 Å². The fourth-order valence-corrected chi connectivity index (χ4v) is 1.46. The number of nitrogens with zero attached hydrogens (tertiary/aromatic N) is 2. The van der Waals surface area contributed by atoms with E-state index in [1.807, 2.05) is 36.8 Å². The molecule has 4 nitrogen and oxygen atoms in total. The number of rotatable bonds is 4. The van der Waals surface area contributed by atoms with Crippen molar-refractivity contribution in [3.05, 3.63) is 76.4 Å². The van der Waals surface area contributed by atoms with Gasteiger partial charge in [-0.1, -0.05) is 65.0 Å². The predicted octanol–water partition coefficient (Wildman–Crippen LogP) is 3.96. The van der Waals surface area contributed by atoms with E-state index >= 15 is 0 Å². The van der Waals surface area contributed by atoms with Crippen LogP contribution < -0.4 is 0 Å². The predicted molar refractivity (Wildman–Crippen MR) is 72.8 cm³/mol. The Kier molecular flexibility index (Phi) is 9.47. The zero-order chi connectivity index (χ0) is 13.2. The maximum absolute atomic E-state index is 10.5. The van der Waals surface area contributed by atoms with Crippen molar-refractivity contribution >= 4 is 0 Å². The first-order valence-corrected chi connectivity index (χ1v) is 5.66. The van der Waals surface area contributed by atoms with E-state index in [2.05, 4.69) is 10.4 Å². The van der Waals surface area contributed by atoms with Crippen molar-refractivity contribution in [1.82, 2.24) is 0 Å². The van der Waals surface area contributed by atoms with Crippen LogP contribution in [0.15, 0.2) is 65.0 Å². The molecule has 0 spiro atoms. The van der Waals surface area contributed by atoms with Gasteiger partial charge in [0.1, 0.15) is 12.1 Å². The largest absolute Gasteiger partial charge is 0.150 e. The summed E-state index contributed by atoms with van der Waals surface area (Å²) in [6.07, 6.45) is 10.0. The van der Waals surface area contributed by atoms with Gasteiger partial charge in [0.2, 0.25) is 0 Å². The normalized spacial score (nSPS) is 14.6. The minimum absolute atomic E-state index is 0. The van der Waals surface area contributed by atoms with Crippen LogP contribution in [0.25, 0.3) is 0 Å². The monoisotopic (exact) mass is 302 g/mol. The van der Waals surface area contributed by atoms with E-state index in [1.165, 1.54) is 0 Å². The van der Waals surface area contributed by atoms with Crippen molar-refractivity contribution in [2.75, 3.05) is 0 Å². The second kappa shape index (κ2) is 10.3. The minimum Gasteiger partial charge on any atom is -0.150 e. The molecule has 19 heavy (non-hydrogen) atoms. The van der Waals surface area contributed by atoms with Gasteiger partial charge in [-0.3, -0.25) is 0 Å². The molecule has 2 atom stereocenters. The zero-order valence-corrected chi connectivity index (χ0v) is 11.5. The van der Waals surface area contributed by atoms with Gasteiger partial charge in [0.25, 0.3) is 0 Å². The molecule has 102 valence electrons. The van der Waals surface area contributed by atoms with Gasteiger partial charge in [-0.15, -0.1) is 0 Å². The number of benzene rings is 1. The van der Waals surface area contributed by atoms with E-state index in [0.717, 1.165) is 5.56 Å². The molecule has 0 saturated carbocycles. The molecule has 0 aliphatic heterocycles. The first-order chi connectivity index (χ1) is 8.79. The summed E-state index contributed by atoms with van der Waals surface area (Å²) >= 11 is 0. The molecular formula is C14H15CoN2O2.